The Morgan fingerprint density at radius 3 is 2.32 bits per heavy atom. The summed E-state index contributed by atoms with van der Waals surface area (Å²) in [5, 5.41) is 9.53. The maximum atomic E-state index is 11.6. The smallest absolute Gasteiger partial charge is 0.306 e. The highest BCUT2D eigenvalue weighted by Crippen LogP contribution is 2.38. The van der Waals surface area contributed by atoms with E-state index in [9.17, 15) is 9.90 Å². The molecule has 2 aromatic rings. The molecule has 0 aromatic heterocycles. The van der Waals surface area contributed by atoms with Crippen LogP contribution in [0.2, 0.25) is 0 Å². The summed E-state index contributed by atoms with van der Waals surface area (Å²) < 4.78 is 12.2. The number of carboxylic acids is 1. The fraction of sp³-hybridized carbons (Fsp3) is 0.292. The zero-order chi connectivity index (χ0) is 20.0. The molecule has 1 aliphatic carbocycles. The Morgan fingerprint density at radius 2 is 1.71 bits per heavy atom. The van der Waals surface area contributed by atoms with E-state index >= 15 is 0 Å². The van der Waals surface area contributed by atoms with Crippen LogP contribution in [0.1, 0.15) is 37.8 Å². The number of aliphatic carboxylic acids is 1. The van der Waals surface area contributed by atoms with Crippen molar-refractivity contribution in [1.82, 2.24) is 0 Å². The summed E-state index contributed by atoms with van der Waals surface area (Å²) in [5.74, 6) is -0.260. The topological polar surface area (TPSA) is 55.8 Å². The molecule has 0 bridgehead atoms. The molecule has 0 radical (unpaired) electrons. The summed E-state index contributed by atoms with van der Waals surface area (Å²) in [6, 6.07) is 19.9. The largest absolute Gasteiger partial charge is 0.489 e. The Kier molecular flexibility index (Phi) is 6.32. The third-order valence-corrected chi connectivity index (χ3v) is 4.53. The molecule has 4 nitrogen and oxygen atoms in total. The molecule has 1 N–H and O–H groups in total. The number of carboxylic acid groups (broad SMARTS) is 1. The lowest BCUT2D eigenvalue weighted by Gasteiger charge is -2.35. The van der Waals surface area contributed by atoms with Crippen molar-refractivity contribution >= 4 is 11.5 Å². The van der Waals surface area contributed by atoms with Gasteiger partial charge in [-0.15, -0.1) is 0 Å². The maximum absolute atomic E-state index is 11.6. The quantitative estimate of drug-likeness (QED) is 0.685. The standard InChI is InChI=1S/C24H26O4/c1-18(2)28-24(16-23(25)26)14-21(20-11-7-4-8-12-20)13-22(15-24)27-17-19-9-5-3-6-10-19/h3-13,15,18H,14,16-17H2,1-2H3,(H,25,26). The molecule has 2 aromatic carbocycles. The van der Waals surface area contributed by atoms with Crippen molar-refractivity contribution in [3.63, 3.8) is 0 Å². The lowest BCUT2D eigenvalue weighted by Crippen LogP contribution is -2.38. The first-order valence-electron chi connectivity index (χ1n) is 9.51. The van der Waals surface area contributed by atoms with Crippen molar-refractivity contribution in [2.45, 2.75) is 45.0 Å². The van der Waals surface area contributed by atoms with Gasteiger partial charge in [0.05, 0.1) is 12.5 Å². The maximum Gasteiger partial charge on any atom is 0.306 e. The van der Waals surface area contributed by atoms with Gasteiger partial charge >= 0.3 is 5.97 Å². The summed E-state index contributed by atoms with van der Waals surface area (Å²) in [5.41, 5.74) is 2.16. The van der Waals surface area contributed by atoms with Crippen molar-refractivity contribution in [2.75, 3.05) is 0 Å². The normalized spacial score (nSPS) is 19.1. The summed E-state index contributed by atoms with van der Waals surface area (Å²) in [7, 11) is 0. The van der Waals surface area contributed by atoms with Gasteiger partial charge in [0, 0.05) is 6.42 Å². The first-order valence-corrected chi connectivity index (χ1v) is 9.51. The van der Waals surface area contributed by atoms with Crippen LogP contribution >= 0.6 is 0 Å². The summed E-state index contributed by atoms with van der Waals surface area (Å²) >= 11 is 0. The zero-order valence-corrected chi connectivity index (χ0v) is 16.3. The van der Waals surface area contributed by atoms with E-state index in [2.05, 4.69) is 0 Å². The van der Waals surface area contributed by atoms with Crippen LogP contribution < -0.4 is 0 Å². The second-order valence-corrected chi connectivity index (χ2v) is 7.34. The van der Waals surface area contributed by atoms with Gasteiger partial charge in [-0.3, -0.25) is 4.79 Å². The second-order valence-electron chi connectivity index (χ2n) is 7.34. The van der Waals surface area contributed by atoms with Gasteiger partial charge in [-0.25, -0.2) is 0 Å². The highest BCUT2D eigenvalue weighted by atomic mass is 16.5. The van der Waals surface area contributed by atoms with E-state index in [1.54, 1.807) is 0 Å². The van der Waals surface area contributed by atoms with Gasteiger partial charge in [-0.1, -0.05) is 60.7 Å². The van der Waals surface area contributed by atoms with Crippen molar-refractivity contribution in [1.29, 1.82) is 0 Å². The predicted molar refractivity (Wildman–Crippen MR) is 110 cm³/mol. The Morgan fingerprint density at radius 1 is 1.07 bits per heavy atom. The molecule has 0 saturated carbocycles. The molecular weight excluding hydrogens is 352 g/mol. The van der Waals surface area contributed by atoms with Crippen molar-refractivity contribution < 1.29 is 19.4 Å². The van der Waals surface area contributed by atoms with Gasteiger partial charge < -0.3 is 14.6 Å². The fourth-order valence-corrected chi connectivity index (χ4v) is 3.52. The monoisotopic (exact) mass is 378 g/mol. The van der Waals surface area contributed by atoms with Gasteiger partial charge in [0.2, 0.25) is 0 Å². The third-order valence-electron chi connectivity index (χ3n) is 4.53. The van der Waals surface area contributed by atoms with Crippen molar-refractivity contribution in [3.05, 3.63) is 89.7 Å². The minimum absolute atomic E-state index is 0.110. The SMILES string of the molecule is CC(C)OC1(CC(=O)O)C=C(OCc2ccccc2)C=C(c2ccccc2)C1. The molecule has 1 atom stereocenters. The average Bonchev–Trinajstić information content (AvgIpc) is 2.66. The van der Waals surface area contributed by atoms with E-state index in [-0.39, 0.29) is 12.5 Å². The van der Waals surface area contributed by atoms with E-state index in [4.69, 9.17) is 9.47 Å². The minimum Gasteiger partial charge on any atom is -0.489 e. The van der Waals surface area contributed by atoms with E-state index in [1.807, 2.05) is 86.7 Å². The van der Waals surface area contributed by atoms with Gasteiger partial charge in [-0.05, 0) is 42.7 Å². The average molecular weight is 378 g/mol. The molecule has 3 rings (SSSR count). The number of carbonyl (C=O) groups is 1. The van der Waals surface area contributed by atoms with Crippen molar-refractivity contribution in [2.24, 2.45) is 0 Å². The Hall–Kier alpha value is -2.85. The number of benzene rings is 2. The molecule has 0 fully saturated rings. The molecule has 1 unspecified atom stereocenters. The van der Waals surface area contributed by atoms with Crippen LogP contribution in [0.4, 0.5) is 0 Å². The predicted octanol–water partition coefficient (Wildman–Crippen LogP) is 5.21. The molecule has 0 saturated heterocycles. The van der Waals surface area contributed by atoms with E-state index in [0.717, 1.165) is 16.7 Å². The molecule has 4 heteroatoms. The van der Waals surface area contributed by atoms with Gasteiger partial charge in [0.25, 0.3) is 0 Å². The lowest BCUT2D eigenvalue weighted by molar-refractivity contribution is -0.144. The van der Waals surface area contributed by atoms with E-state index in [0.29, 0.717) is 18.8 Å². The molecule has 0 heterocycles. The molecule has 1 aliphatic rings. The lowest BCUT2D eigenvalue weighted by atomic mass is 9.83. The first-order chi connectivity index (χ1) is 13.5. The molecular formula is C24H26O4. The highest BCUT2D eigenvalue weighted by molar-refractivity contribution is 5.74. The number of hydrogen-bond acceptors (Lipinski definition) is 3. The molecule has 0 amide bonds. The number of rotatable bonds is 8. The molecule has 0 spiro atoms. The number of hydrogen-bond donors (Lipinski definition) is 1. The summed E-state index contributed by atoms with van der Waals surface area (Å²) in [6.07, 6.45) is 4.08. The van der Waals surface area contributed by atoms with E-state index < -0.39 is 11.6 Å². The summed E-state index contributed by atoms with van der Waals surface area (Å²) in [6.45, 7) is 4.25. The van der Waals surface area contributed by atoms with Gasteiger partial charge in [0.1, 0.15) is 18.0 Å². The Balaban J connectivity index is 1.94. The Labute approximate surface area is 166 Å². The summed E-state index contributed by atoms with van der Waals surface area (Å²) in [4.78, 5) is 11.6. The van der Waals surface area contributed by atoms with Crippen LogP contribution in [0.15, 0.2) is 78.6 Å². The Bertz CT molecular complexity index is 853. The van der Waals surface area contributed by atoms with E-state index in [1.165, 1.54) is 0 Å². The van der Waals surface area contributed by atoms with Crippen LogP contribution in [-0.4, -0.2) is 22.8 Å². The zero-order valence-electron chi connectivity index (χ0n) is 16.3. The molecule has 28 heavy (non-hydrogen) atoms. The highest BCUT2D eigenvalue weighted by Gasteiger charge is 2.37. The number of allylic oxidation sites excluding steroid dienone is 1. The fourth-order valence-electron chi connectivity index (χ4n) is 3.52. The van der Waals surface area contributed by atoms with Gasteiger partial charge in [-0.2, -0.15) is 0 Å². The van der Waals surface area contributed by atoms with Gasteiger partial charge in [0.15, 0.2) is 0 Å². The minimum atomic E-state index is -0.939. The molecule has 0 aliphatic heterocycles. The number of ether oxygens (including phenoxy) is 2. The first kappa shape index (κ1) is 19.9. The van der Waals surface area contributed by atoms with Crippen LogP contribution in [0.5, 0.6) is 0 Å². The molecule has 146 valence electrons. The van der Waals surface area contributed by atoms with Crippen LogP contribution in [0.3, 0.4) is 0 Å². The van der Waals surface area contributed by atoms with Crippen LogP contribution in [0.25, 0.3) is 5.57 Å². The van der Waals surface area contributed by atoms with Crippen LogP contribution in [-0.2, 0) is 20.9 Å². The van der Waals surface area contributed by atoms with Crippen molar-refractivity contribution in [3.8, 4) is 0 Å². The third kappa shape index (κ3) is 5.33. The van der Waals surface area contributed by atoms with Crippen LogP contribution in [0, 0.1) is 0 Å². The second kappa shape index (κ2) is 8.89.